The predicted molar refractivity (Wildman–Crippen MR) is 106 cm³/mol. The van der Waals surface area contributed by atoms with Gasteiger partial charge in [-0.3, -0.25) is 0 Å². The van der Waals surface area contributed by atoms with Gasteiger partial charge in [-0.05, 0) is 36.0 Å². The minimum Gasteiger partial charge on any atom is -0.595 e. The molecule has 4 N–H and O–H groups in total. The predicted octanol–water partition coefficient (Wildman–Crippen LogP) is 0.648. The molecule has 31 heavy (non-hydrogen) atoms. The van der Waals surface area contributed by atoms with E-state index < -0.39 is 46.1 Å². The number of aliphatic hydroxyl groups is 2. The monoisotopic (exact) mass is 433 g/mol. The highest BCUT2D eigenvalue weighted by Crippen LogP contribution is 2.60. The largest absolute Gasteiger partial charge is 0.595 e. The average Bonchev–Trinajstić information content (AvgIpc) is 3.13. The third kappa shape index (κ3) is 3.46. The fourth-order valence-corrected chi connectivity index (χ4v) is 5.83. The van der Waals surface area contributed by atoms with Crippen molar-refractivity contribution < 1.29 is 39.7 Å². The van der Waals surface area contributed by atoms with Gasteiger partial charge in [0.2, 0.25) is 0 Å². The summed E-state index contributed by atoms with van der Waals surface area (Å²) in [6.45, 7) is 4.04. The molecule has 0 bridgehead atoms. The fraction of sp³-hybridized carbons (Fsp3) is 0.545. The number of benzene rings is 1. The summed E-state index contributed by atoms with van der Waals surface area (Å²) in [6, 6.07) is 5.48. The van der Waals surface area contributed by atoms with Crippen molar-refractivity contribution in [2.24, 2.45) is 16.7 Å². The molecule has 0 amide bonds. The van der Waals surface area contributed by atoms with Crippen molar-refractivity contribution in [1.82, 2.24) is 0 Å². The Balaban J connectivity index is 1.57. The number of ether oxygens (including phenoxy) is 2. The zero-order chi connectivity index (χ0) is 22.6. The van der Waals surface area contributed by atoms with Gasteiger partial charge in [0.1, 0.15) is 12.7 Å². The molecule has 1 saturated carbocycles. The van der Waals surface area contributed by atoms with Crippen LogP contribution in [-0.2, 0) is 14.3 Å². The SMILES string of the molecule is CC1(COC(=O)c2ccc([NH+]([O-])O)cc2)CCCC2(C)C3=C(C(=O)OC3)C(O)C(O)C12. The zero-order valence-electron chi connectivity index (χ0n) is 17.5. The molecule has 1 aromatic carbocycles. The second kappa shape index (κ2) is 7.68. The number of carbonyl (C=O) groups excluding carboxylic acids is 2. The van der Waals surface area contributed by atoms with Gasteiger partial charge in [0.15, 0.2) is 5.69 Å². The smallest absolute Gasteiger partial charge is 0.338 e. The normalized spacial score (nSPS) is 35.8. The number of cyclic esters (lactones) is 1. The fourth-order valence-electron chi connectivity index (χ4n) is 5.83. The number of carbonyl (C=O) groups is 2. The van der Waals surface area contributed by atoms with Gasteiger partial charge in [-0.15, -0.1) is 0 Å². The molecule has 4 rings (SSSR count). The first-order valence-corrected chi connectivity index (χ1v) is 10.4. The van der Waals surface area contributed by atoms with Crippen molar-refractivity contribution in [3.63, 3.8) is 0 Å². The third-order valence-electron chi connectivity index (χ3n) is 7.32. The summed E-state index contributed by atoms with van der Waals surface area (Å²) in [4.78, 5) is 24.7. The second-order valence-corrected chi connectivity index (χ2v) is 9.27. The molecule has 0 radical (unpaired) electrons. The average molecular weight is 433 g/mol. The van der Waals surface area contributed by atoms with Crippen LogP contribution in [0.5, 0.6) is 0 Å². The zero-order valence-corrected chi connectivity index (χ0v) is 17.5. The molecular weight excluding hydrogens is 406 g/mol. The van der Waals surface area contributed by atoms with Crippen LogP contribution in [0, 0.1) is 22.0 Å². The van der Waals surface area contributed by atoms with E-state index in [0.29, 0.717) is 6.42 Å². The highest BCUT2D eigenvalue weighted by atomic mass is 16.8. The highest BCUT2D eigenvalue weighted by Gasteiger charge is 2.61. The van der Waals surface area contributed by atoms with Gasteiger partial charge >= 0.3 is 11.9 Å². The van der Waals surface area contributed by atoms with Crippen LogP contribution in [0.1, 0.15) is 43.5 Å². The van der Waals surface area contributed by atoms with Crippen LogP contribution in [-0.4, -0.2) is 52.8 Å². The summed E-state index contributed by atoms with van der Waals surface area (Å²) in [5.41, 5.74) is 0.0315. The van der Waals surface area contributed by atoms with Crippen molar-refractivity contribution in [2.75, 3.05) is 13.2 Å². The van der Waals surface area contributed by atoms with Gasteiger partial charge in [-0.2, -0.15) is 5.23 Å². The van der Waals surface area contributed by atoms with Crippen LogP contribution >= 0.6 is 0 Å². The Kier molecular flexibility index (Phi) is 5.43. The van der Waals surface area contributed by atoms with E-state index in [2.05, 4.69) is 0 Å². The Morgan fingerprint density at radius 2 is 1.94 bits per heavy atom. The number of aliphatic hydroxyl groups excluding tert-OH is 2. The second-order valence-electron chi connectivity index (χ2n) is 9.27. The molecule has 0 spiro atoms. The number of nitrogens with one attached hydrogen (secondary N) is 1. The van der Waals surface area contributed by atoms with Crippen LogP contribution in [0.25, 0.3) is 0 Å². The van der Waals surface area contributed by atoms with Crippen LogP contribution in [0.3, 0.4) is 0 Å². The van der Waals surface area contributed by atoms with E-state index in [1.165, 1.54) is 24.3 Å². The standard InChI is InChI=1S/C22H27NO8/c1-21(11-31-19(26)12-4-6-13(7-5-12)23(28)29)8-3-9-22(2)14-10-30-20(27)15(14)16(24)17(25)18(21)22/h4-7,16-18,23-25,28H,3,8-11H2,1-2H3. The summed E-state index contributed by atoms with van der Waals surface area (Å²) < 4.78 is 10.8. The number of hydrogen-bond acceptors (Lipinski definition) is 8. The Morgan fingerprint density at radius 1 is 1.26 bits per heavy atom. The lowest BCUT2D eigenvalue weighted by Gasteiger charge is -2.57. The van der Waals surface area contributed by atoms with Crippen LogP contribution in [0.4, 0.5) is 5.69 Å². The number of rotatable bonds is 4. The van der Waals surface area contributed by atoms with E-state index >= 15 is 0 Å². The van der Waals surface area contributed by atoms with Crippen molar-refractivity contribution in [3.8, 4) is 0 Å². The molecule has 1 aromatic rings. The van der Waals surface area contributed by atoms with Crippen molar-refractivity contribution in [1.29, 1.82) is 0 Å². The molecule has 0 saturated heterocycles. The van der Waals surface area contributed by atoms with Crippen LogP contribution in [0.15, 0.2) is 35.4 Å². The van der Waals surface area contributed by atoms with Gasteiger partial charge in [-0.25, -0.2) is 14.8 Å². The maximum absolute atomic E-state index is 12.6. The molecule has 168 valence electrons. The van der Waals surface area contributed by atoms with Gasteiger partial charge in [0.25, 0.3) is 0 Å². The Morgan fingerprint density at radius 3 is 2.58 bits per heavy atom. The van der Waals surface area contributed by atoms with E-state index in [9.17, 15) is 25.0 Å². The number of quaternary nitrogens is 1. The highest BCUT2D eigenvalue weighted by molar-refractivity contribution is 5.94. The molecule has 2 aliphatic carbocycles. The molecule has 0 aromatic heterocycles. The van der Waals surface area contributed by atoms with E-state index in [-0.39, 0.29) is 30.0 Å². The Hall–Kier alpha value is -2.30. The minimum atomic E-state index is -1.33. The molecule has 6 unspecified atom stereocenters. The summed E-state index contributed by atoms with van der Waals surface area (Å²) in [5.74, 6) is -1.60. The number of esters is 2. The molecule has 9 heteroatoms. The quantitative estimate of drug-likeness (QED) is 0.401. The number of fused-ring (bicyclic) bond motifs is 2. The Labute approximate surface area is 179 Å². The summed E-state index contributed by atoms with van der Waals surface area (Å²) in [7, 11) is 0. The summed E-state index contributed by atoms with van der Waals surface area (Å²) >= 11 is 0. The maximum atomic E-state index is 12.6. The first kappa shape index (κ1) is 21.9. The topological polar surface area (TPSA) is 141 Å². The van der Waals surface area contributed by atoms with Crippen LogP contribution < -0.4 is 5.23 Å². The molecule has 9 nitrogen and oxygen atoms in total. The van der Waals surface area contributed by atoms with E-state index in [1.54, 1.807) is 0 Å². The third-order valence-corrected chi connectivity index (χ3v) is 7.32. The lowest BCUT2D eigenvalue weighted by Crippen LogP contribution is -2.99. The minimum absolute atomic E-state index is 0.0218. The molecular formula is C22H27NO8. The van der Waals surface area contributed by atoms with E-state index in [0.717, 1.165) is 18.4 Å². The van der Waals surface area contributed by atoms with Crippen molar-refractivity contribution in [2.45, 2.75) is 45.3 Å². The van der Waals surface area contributed by atoms with Crippen LogP contribution in [0.2, 0.25) is 0 Å². The van der Waals surface area contributed by atoms with E-state index in [4.69, 9.17) is 14.7 Å². The molecule has 6 atom stereocenters. The molecule has 1 fully saturated rings. The molecule has 1 heterocycles. The molecule has 1 aliphatic heterocycles. The van der Waals surface area contributed by atoms with Crippen molar-refractivity contribution >= 4 is 17.6 Å². The lowest BCUT2D eigenvalue weighted by molar-refractivity contribution is -0.991. The lowest BCUT2D eigenvalue weighted by atomic mass is 9.49. The number of hydrogen-bond donors (Lipinski definition) is 4. The van der Waals surface area contributed by atoms with E-state index in [1.807, 2.05) is 13.8 Å². The van der Waals surface area contributed by atoms with Crippen molar-refractivity contribution in [3.05, 3.63) is 46.2 Å². The summed E-state index contributed by atoms with van der Waals surface area (Å²) in [5, 5.41) is 40.6. The Bertz CT molecular complexity index is 926. The maximum Gasteiger partial charge on any atom is 0.338 e. The molecule has 3 aliphatic rings. The van der Waals surface area contributed by atoms with Gasteiger partial charge < -0.3 is 24.9 Å². The van der Waals surface area contributed by atoms with Gasteiger partial charge in [-0.1, -0.05) is 20.3 Å². The van der Waals surface area contributed by atoms with Gasteiger partial charge in [0, 0.05) is 23.5 Å². The summed E-state index contributed by atoms with van der Waals surface area (Å²) in [6.07, 6.45) is -0.299. The first-order valence-electron chi connectivity index (χ1n) is 10.4. The van der Waals surface area contributed by atoms with Gasteiger partial charge in [0.05, 0.1) is 23.8 Å². The first-order chi connectivity index (χ1) is 14.6.